The summed E-state index contributed by atoms with van der Waals surface area (Å²) in [6.45, 7) is 7.38. The van der Waals surface area contributed by atoms with Crippen LogP contribution in [0.5, 0.6) is 0 Å². The summed E-state index contributed by atoms with van der Waals surface area (Å²) in [6.07, 6.45) is 3.86. The minimum absolute atomic E-state index is 0.342. The van der Waals surface area contributed by atoms with Gasteiger partial charge in [-0.15, -0.1) is 0 Å². The van der Waals surface area contributed by atoms with Crippen molar-refractivity contribution in [1.29, 1.82) is 0 Å². The van der Waals surface area contributed by atoms with Gasteiger partial charge in [-0.25, -0.2) is 0 Å². The first kappa shape index (κ1) is 16.8. The number of nitrogens with zero attached hydrogens (tertiary/aromatic N) is 1. The first-order valence-corrected chi connectivity index (χ1v) is 8.78. The number of rotatable bonds is 6. The van der Waals surface area contributed by atoms with Crippen LogP contribution in [0.15, 0.2) is 22.7 Å². The summed E-state index contributed by atoms with van der Waals surface area (Å²) < 4.78 is 7.11. The van der Waals surface area contributed by atoms with E-state index in [9.17, 15) is 0 Å². The largest absolute Gasteiger partial charge is 0.376 e. The number of ether oxygens (including phenoxy) is 1. The van der Waals surface area contributed by atoms with E-state index >= 15 is 0 Å². The average Bonchev–Trinajstić information content (AvgIpc) is 2.52. The summed E-state index contributed by atoms with van der Waals surface area (Å²) in [7, 11) is 2.01. The number of hydrogen-bond acceptors (Lipinski definition) is 3. The maximum atomic E-state index is 5.97. The molecule has 4 heteroatoms. The zero-order valence-corrected chi connectivity index (χ0v) is 14.9. The number of anilines is 1. The van der Waals surface area contributed by atoms with Crippen molar-refractivity contribution in [3.8, 4) is 0 Å². The van der Waals surface area contributed by atoms with E-state index in [0.29, 0.717) is 12.1 Å². The first-order valence-electron chi connectivity index (χ1n) is 7.99. The average molecular weight is 355 g/mol. The molecule has 1 saturated heterocycles. The molecule has 0 aliphatic carbocycles. The summed E-state index contributed by atoms with van der Waals surface area (Å²) >= 11 is 3.59. The number of hydrogen-bond donors (Lipinski definition) is 1. The van der Waals surface area contributed by atoms with Crippen molar-refractivity contribution in [3.63, 3.8) is 0 Å². The van der Waals surface area contributed by atoms with Gasteiger partial charge in [-0.05, 0) is 57.0 Å². The molecule has 0 spiro atoms. The summed E-state index contributed by atoms with van der Waals surface area (Å²) in [6, 6.07) is 6.94. The van der Waals surface area contributed by atoms with E-state index in [1.807, 2.05) is 7.05 Å². The molecular weight excluding hydrogens is 328 g/mol. The van der Waals surface area contributed by atoms with Crippen molar-refractivity contribution < 1.29 is 4.74 Å². The van der Waals surface area contributed by atoms with Crippen LogP contribution in [-0.4, -0.2) is 32.8 Å². The SMILES string of the molecule is CCCOC1CCCN(c2ccc(Br)cc2C(C)NC)C1. The van der Waals surface area contributed by atoms with Crippen LogP contribution >= 0.6 is 15.9 Å². The highest BCUT2D eigenvalue weighted by Gasteiger charge is 2.23. The van der Waals surface area contributed by atoms with Crippen LogP contribution in [0.4, 0.5) is 5.69 Å². The van der Waals surface area contributed by atoms with Gasteiger partial charge in [0.2, 0.25) is 0 Å². The lowest BCUT2D eigenvalue weighted by atomic mass is 10.0. The number of piperidine rings is 1. The molecule has 0 radical (unpaired) electrons. The Bertz CT molecular complexity index is 452. The molecule has 1 aromatic carbocycles. The van der Waals surface area contributed by atoms with Crippen LogP contribution in [0, 0.1) is 0 Å². The highest BCUT2D eigenvalue weighted by Crippen LogP contribution is 2.31. The summed E-state index contributed by atoms with van der Waals surface area (Å²) in [5, 5.41) is 3.35. The smallest absolute Gasteiger partial charge is 0.0750 e. The van der Waals surface area contributed by atoms with Gasteiger partial charge >= 0.3 is 0 Å². The highest BCUT2D eigenvalue weighted by molar-refractivity contribution is 9.10. The standard InChI is InChI=1S/C17H27BrN2O/c1-4-10-21-15-6-5-9-20(12-15)17-8-7-14(18)11-16(17)13(2)19-3/h7-8,11,13,15,19H,4-6,9-10,12H2,1-3H3. The second kappa shape index (κ2) is 8.16. The van der Waals surface area contributed by atoms with Crippen LogP contribution in [0.2, 0.25) is 0 Å². The van der Waals surface area contributed by atoms with Crippen LogP contribution < -0.4 is 10.2 Å². The molecule has 2 rings (SSSR count). The van der Waals surface area contributed by atoms with E-state index in [0.717, 1.165) is 30.6 Å². The van der Waals surface area contributed by atoms with Gasteiger partial charge in [0.15, 0.2) is 0 Å². The van der Waals surface area contributed by atoms with Crippen LogP contribution in [0.1, 0.15) is 44.7 Å². The van der Waals surface area contributed by atoms with E-state index in [2.05, 4.69) is 58.2 Å². The number of nitrogens with one attached hydrogen (secondary N) is 1. The number of benzene rings is 1. The molecule has 1 aromatic rings. The molecule has 1 aliphatic heterocycles. The minimum Gasteiger partial charge on any atom is -0.376 e. The van der Waals surface area contributed by atoms with Crippen molar-refractivity contribution >= 4 is 21.6 Å². The second-order valence-electron chi connectivity index (χ2n) is 5.79. The highest BCUT2D eigenvalue weighted by atomic mass is 79.9. The molecule has 118 valence electrons. The van der Waals surface area contributed by atoms with Gasteiger partial charge < -0.3 is 15.0 Å². The maximum absolute atomic E-state index is 5.97. The summed E-state index contributed by atoms with van der Waals surface area (Å²) in [5.41, 5.74) is 2.69. The fraction of sp³-hybridized carbons (Fsp3) is 0.647. The van der Waals surface area contributed by atoms with E-state index in [1.165, 1.54) is 24.1 Å². The third-order valence-corrected chi connectivity index (χ3v) is 4.66. The fourth-order valence-corrected chi connectivity index (χ4v) is 3.27. The molecular formula is C17H27BrN2O. The zero-order valence-electron chi connectivity index (χ0n) is 13.4. The quantitative estimate of drug-likeness (QED) is 0.831. The molecule has 2 atom stereocenters. The van der Waals surface area contributed by atoms with Crippen molar-refractivity contribution in [3.05, 3.63) is 28.2 Å². The van der Waals surface area contributed by atoms with Gasteiger partial charge in [0.05, 0.1) is 6.10 Å². The number of halogens is 1. The van der Waals surface area contributed by atoms with E-state index in [4.69, 9.17) is 4.74 Å². The maximum Gasteiger partial charge on any atom is 0.0750 e. The fourth-order valence-electron chi connectivity index (χ4n) is 2.89. The Labute approximate surface area is 137 Å². The Morgan fingerprint density at radius 1 is 1.48 bits per heavy atom. The molecule has 1 fully saturated rings. The van der Waals surface area contributed by atoms with Crippen LogP contribution in [-0.2, 0) is 4.74 Å². The first-order chi connectivity index (χ1) is 10.2. The Morgan fingerprint density at radius 2 is 2.29 bits per heavy atom. The van der Waals surface area contributed by atoms with E-state index in [-0.39, 0.29) is 0 Å². The Balaban J connectivity index is 2.16. The predicted octanol–water partition coefficient (Wildman–Crippen LogP) is 4.12. The lowest BCUT2D eigenvalue weighted by Gasteiger charge is -2.36. The van der Waals surface area contributed by atoms with Gasteiger partial charge in [-0.3, -0.25) is 0 Å². The molecule has 0 bridgehead atoms. The molecule has 0 amide bonds. The Hall–Kier alpha value is -0.580. The summed E-state index contributed by atoms with van der Waals surface area (Å²) in [4.78, 5) is 2.49. The van der Waals surface area contributed by atoms with Gasteiger partial charge in [0.1, 0.15) is 0 Å². The van der Waals surface area contributed by atoms with Crippen molar-refractivity contribution in [2.45, 2.75) is 45.3 Å². The van der Waals surface area contributed by atoms with E-state index in [1.54, 1.807) is 0 Å². The monoisotopic (exact) mass is 354 g/mol. The van der Waals surface area contributed by atoms with Crippen molar-refractivity contribution in [1.82, 2.24) is 5.32 Å². The third-order valence-electron chi connectivity index (χ3n) is 4.17. The predicted molar refractivity (Wildman–Crippen MR) is 93.1 cm³/mol. The molecule has 1 heterocycles. The minimum atomic E-state index is 0.342. The van der Waals surface area contributed by atoms with Crippen LogP contribution in [0.25, 0.3) is 0 Å². The second-order valence-corrected chi connectivity index (χ2v) is 6.71. The van der Waals surface area contributed by atoms with Crippen LogP contribution in [0.3, 0.4) is 0 Å². The Morgan fingerprint density at radius 3 is 3.00 bits per heavy atom. The van der Waals surface area contributed by atoms with Gasteiger partial charge in [-0.1, -0.05) is 22.9 Å². The Kier molecular flexibility index (Phi) is 6.52. The molecule has 21 heavy (non-hydrogen) atoms. The normalized spacial score (nSPS) is 20.6. The molecule has 1 aliphatic rings. The van der Waals surface area contributed by atoms with E-state index < -0.39 is 0 Å². The van der Waals surface area contributed by atoms with Gasteiger partial charge in [-0.2, -0.15) is 0 Å². The van der Waals surface area contributed by atoms with Gasteiger partial charge in [0, 0.05) is 35.9 Å². The molecule has 2 unspecified atom stereocenters. The molecule has 0 saturated carbocycles. The topological polar surface area (TPSA) is 24.5 Å². The molecule has 3 nitrogen and oxygen atoms in total. The van der Waals surface area contributed by atoms with Gasteiger partial charge in [0.25, 0.3) is 0 Å². The molecule has 0 aromatic heterocycles. The zero-order chi connectivity index (χ0) is 15.2. The lowest BCUT2D eigenvalue weighted by molar-refractivity contribution is 0.0440. The summed E-state index contributed by atoms with van der Waals surface area (Å²) in [5.74, 6) is 0. The third kappa shape index (κ3) is 4.44. The van der Waals surface area contributed by atoms with Crippen molar-refractivity contribution in [2.24, 2.45) is 0 Å². The molecule has 1 N–H and O–H groups in total. The van der Waals surface area contributed by atoms with Crippen molar-refractivity contribution in [2.75, 3.05) is 31.6 Å². The lowest BCUT2D eigenvalue weighted by Crippen LogP contribution is -2.40.